The topological polar surface area (TPSA) is 54.3 Å². The van der Waals surface area contributed by atoms with E-state index in [1.165, 1.54) is 15.8 Å². The number of nitrogens with zero attached hydrogens (tertiary/aromatic N) is 5. The lowest BCUT2D eigenvalue weighted by Gasteiger charge is -2.34. The van der Waals surface area contributed by atoms with Crippen molar-refractivity contribution in [1.29, 1.82) is 0 Å². The first kappa shape index (κ1) is 18.0. The Morgan fingerprint density at radius 1 is 1.11 bits per heavy atom. The molecule has 0 aliphatic carbocycles. The van der Waals surface area contributed by atoms with Crippen molar-refractivity contribution < 1.29 is 4.79 Å². The number of anilines is 1. The summed E-state index contributed by atoms with van der Waals surface area (Å²) in [6.07, 6.45) is 0. The van der Waals surface area contributed by atoms with Crippen molar-refractivity contribution in [3.63, 3.8) is 0 Å². The lowest BCUT2D eigenvalue weighted by atomic mass is 10.1. The maximum Gasteiger partial charge on any atom is 0.272 e. The number of hydrogen-bond acceptors (Lipinski definition) is 5. The minimum Gasteiger partial charge on any atom is -0.345 e. The van der Waals surface area contributed by atoms with Gasteiger partial charge in [-0.3, -0.25) is 9.48 Å². The van der Waals surface area contributed by atoms with Gasteiger partial charge in [0.15, 0.2) is 5.13 Å². The highest BCUT2D eigenvalue weighted by Gasteiger charge is 2.26. The van der Waals surface area contributed by atoms with E-state index >= 15 is 0 Å². The van der Waals surface area contributed by atoms with E-state index in [1.54, 1.807) is 16.0 Å². The van der Waals surface area contributed by atoms with Gasteiger partial charge in [0, 0.05) is 32.7 Å². The van der Waals surface area contributed by atoms with Crippen LogP contribution in [0.4, 0.5) is 5.13 Å². The number of aromatic nitrogens is 3. The number of hydrogen-bond donors (Lipinski definition) is 0. The fraction of sp³-hybridized carbons (Fsp3) is 0.450. The Morgan fingerprint density at radius 3 is 2.56 bits per heavy atom. The largest absolute Gasteiger partial charge is 0.345 e. The lowest BCUT2D eigenvalue weighted by Crippen LogP contribution is -2.49. The van der Waals surface area contributed by atoms with Gasteiger partial charge in [-0.1, -0.05) is 17.4 Å². The highest BCUT2D eigenvalue weighted by Crippen LogP contribution is 2.32. The Bertz CT molecular complexity index is 997. The minimum absolute atomic E-state index is 0.0767. The third kappa shape index (κ3) is 3.32. The van der Waals surface area contributed by atoms with Crippen LogP contribution in [0, 0.1) is 20.8 Å². The molecular formula is C20H25N5OS. The molecule has 0 spiro atoms. The molecule has 1 aliphatic heterocycles. The predicted octanol–water partition coefficient (Wildman–Crippen LogP) is 3.40. The van der Waals surface area contributed by atoms with Crippen molar-refractivity contribution >= 4 is 32.6 Å². The fourth-order valence-electron chi connectivity index (χ4n) is 3.72. The average Bonchev–Trinajstić information content (AvgIpc) is 3.24. The van der Waals surface area contributed by atoms with E-state index in [4.69, 9.17) is 4.98 Å². The summed E-state index contributed by atoms with van der Waals surface area (Å²) in [6, 6.07) is 6.27. The second-order valence-electron chi connectivity index (χ2n) is 7.19. The summed E-state index contributed by atoms with van der Waals surface area (Å²) in [5.41, 5.74) is 5.17. The maximum atomic E-state index is 12.9. The fourth-order valence-corrected chi connectivity index (χ4v) is 4.91. The molecule has 2 aromatic heterocycles. The summed E-state index contributed by atoms with van der Waals surface area (Å²) in [4.78, 5) is 22.0. The monoisotopic (exact) mass is 383 g/mol. The molecule has 0 saturated carbocycles. The van der Waals surface area contributed by atoms with Crippen molar-refractivity contribution in [2.24, 2.45) is 0 Å². The molecular weight excluding hydrogens is 358 g/mol. The number of rotatable bonds is 3. The zero-order valence-corrected chi connectivity index (χ0v) is 17.1. The van der Waals surface area contributed by atoms with Crippen LogP contribution in [-0.2, 0) is 6.54 Å². The predicted molar refractivity (Wildman–Crippen MR) is 110 cm³/mol. The molecule has 7 heteroatoms. The van der Waals surface area contributed by atoms with Gasteiger partial charge in [-0.25, -0.2) is 4.98 Å². The van der Waals surface area contributed by atoms with Gasteiger partial charge in [-0.2, -0.15) is 5.10 Å². The van der Waals surface area contributed by atoms with Crippen LogP contribution < -0.4 is 4.90 Å². The van der Waals surface area contributed by atoms with Crippen LogP contribution >= 0.6 is 11.3 Å². The van der Waals surface area contributed by atoms with Crippen molar-refractivity contribution in [1.82, 2.24) is 19.7 Å². The number of piperazine rings is 1. The van der Waals surface area contributed by atoms with Crippen molar-refractivity contribution in [2.75, 3.05) is 31.1 Å². The molecule has 4 rings (SSSR count). The molecule has 0 radical (unpaired) electrons. The molecule has 6 nitrogen and oxygen atoms in total. The molecule has 0 atom stereocenters. The third-order valence-electron chi connectivity index (χ3n) is 5.08. The van der Waals surface area contributed by atoms with Crippen LogP contribution in [0.1, 0.15) is 34.2 Å². The summed E-state index contributed by atoms with van der Waals surface area (Å²) in [7, 11) is 0. The second-order valence-corrected chi connectivity index (χ2v) is 8.20. The number of carbonyl (C=O) groups excluding carboxylic acids is 1. The number of carbonyl (C=O) groups is 1. The zero-order valence-electron chi connectivity index (χ0n) is 16.3. The number of aryl methyl sites for hydroxylation is 4. The molecule has 27 heavy (non-hydrogen) atoms. The third-order valence-corrected chi connectivity index (χ3v) is 6.14. The minimum atomic E-state index is 0.0767. The molecule has 0 N–H and O–H groups in total. The number of benzene rings is 1. The summed E-state index contributed by atoms with van der Waals surface area (Å²) in [5, 5.41) is 5.45. The van der Waals surface area contributed by atoms with Crippen LogP contribution in [0.3, 0.4) is 0 Å². The molecule has 142 valence electrons. The van der Waals surface area contributed by atoms with E-state index in [0.29, 0.717) is 25.3 Å². The second kappa shape index (κ2) is 6.96. The summed E-state index contributed by atoms with van der Waals surface area (Å²) < 4.78 is 3.03. The number of amides is 1. The zero-order chi connectivity index (χ0) is 19.1. The Balaban J connectivity index is 1.49. The smallest absolute Gasteiger partial charge is 0.272 e. The summed E-state index contributed by atoms with van der Waals surface area (Å²) in [5.74, 6) is 0.0767. The highest BCUT2D eigenvalue weighted by atomic mass is 32.1. The van der Waals surface area contributed by atoms with E-state index in [9.17, 15) is 4.79 Å². The molecule has 1 amide bonds. The first-order valence-corrected chi connectivity index (χ1v) is 10.2. The van der Waals surface area contributed by atoms with Gasteiger partial charge >= 0.3 is 0 Å². The van der Waals surface area contributed by atoms with Gasteiger partial charge in [-0.15, -0.1) is 0 Å². The van der Waals surface area contributed by atoms with Gasteiger partial charge in [0.2, 0.25) is 0 Å². The average molecular weight is 384 g/mol. The Morgan fingerprint density at radius 2 is 1.85 bits per heavy atom. The van der Waals surface area contributed by atoms with Crippen LogP contribution in [0.15, 0.2) is 18.2 Å². The van der Waals surface area contributed by atoms with Crippen LogP contribution in [0.2, 0.25) is 0 Å². The van der Waals surface area contributed by atoms with Crippen LogP contribution in [0.25, 0.3) is 10.2 Å². The number of fused-ring (bicyclic) bond motifs is 1. The lowest BCUT2D eigenvalue weighted by molar-refractivity contribution is 0.0734. The standard InChI is InChI=1S/C20H25N5OS/c1-5-25-16(12-15(4)22-25)19(26)23-6-8-24(9-7-23)20-21-18-14(3)10-13(2)11-17(18)27-20/h10-12H,5-9H2,1-4H3. The quantitative estimate of drug-likeness (QED) is 0.696. The highest BCUT2D eigenvalue weighted by molar-refractivity contribution is 7.22. The molecule has 1 fully saturated rings. The molecule has 1 aromatic carbocycles. The van der Waals surface area contributed by atoms with Crippen LogP contribution in [-0.4, -0.2) is 51.8 Å². The first-order chi connectivity index (χ1) is 13.0. The Labute approximate surface area is 163 Å². The van der Waals surface area contributed by atoms with E-state index in [-0.39, 0.29) is 5.91 Å². The summed E-state index contributed by atoms with van der Waals surface area (Å²) in [6.45, 7) is 11.9. The van der Waals surface area contributed by atoms with Crippen molar-refractivity contribution in [2.45, 2.75) is 34.2 Å². The molecule has 0 unspecified atom stereocenters. The molecule has 3 aromatic rings. The molecule has 1 saturated heterocycles. The van der Waals surface area contributed by atoms with E-state index in [0.717, 1.165) is 29.4 Å². The first-order valence-electron chi connectivity index (χ1n) is 9.42. The molecule has 0 bridgehead atoms. The van der Waals surface area contributed by atoms with Gasteiger partial charge in [0.05, 0.1) is 15.9 Å². The van der Waals surface area contributed by atoms with Crippen molar-refractivity contribution in [3.05, 3.63) is 40.7 Å². The van der Waals surface area contributed by atoms with E-state index in [2.05, 4.69) is 36.0 Å². The SMILES string of the molecule is CCn1nc(C)cc1C(=O)N1CCN(c2nc3c(C)cc(C)cc3s2)CC1. The van der Waals surface area contributed by atoms with E-state index in [1.807, 2.05) is 24.8 Å². The van der Waals surface area contributed by atoms with Crippen molar-refractivity contribution in [3.8, 4) is 0 Å². The van der Waals surface area contributed by atoms with Crippen LogP contribution in [0.5, 0.6) is 0 Å². The van der Waals surface area contributed by atoms with Gasteiger partial charge < -0.3 is 9.80 Å². The molecule has 3 heterocycles. The summed E-state index contributed by atoms with van der Waals surface area (Å²) >= 11 is 1.74. The number of thiazole rings is 1. The van der Waals surface area contributed by atoms with Gasteiger partial charge in [-0.05, 0) is 51.0 Å². The van der Waals surface area contributed by atoms with Gasteiger partial charge in [0.1, 0.15) is 5.69 Å². The normalized spacial score (nSPS) is 15.0. The Hall–Kier alpha value is -2.41. The van der Waals surface area contributed by atoms with Gasteiger partial charge in [0.25, 0.3) is 5.91 Å². The molecule has 1 aliphatic rings. The maximum absolute atomic E-state index is 12.9. The Kier molecular flexibility index (Phi) is 4.63. The van der Waals surface area contributed by atoms with E-state index < -0.39 is 0 Å².